The van der Waals surface area contributed by atoms with Crippen molar-refractivity contribution in [2.75, 3.05) is 26.9 Å². The largest absolute Gasteiger partial charge is 0.383 e. The van der Waals surface area contributed by atoms with Crippen molar-refractivity contribution in [2.45, 2.75) is 31.6 Å². The van der Waals surface area contributed by atoms with Crippen LogP contribution in [0.3, 0.4) is 0 Å². The first-order chi connectivity index (χ1) is 5.81. The highest BCUT2D eigenvalue weighted by molar-refractivity contribution is 6.20. The number of rotatable bonds is 8. The fourth-order valence-electron chi connectivity index (χ4n) is 0.917. The van der Waals surface area contributed by atoms with E-state index in [0.717, 1.165) is 32.5 Å². The smallest absolute Gasteiger partial charge is 0.0626 e. The lowest BCUT2D eigenvalue weighted by Crippen LogP contribution is -2.08. The Balaban J connectivity index is 2.97. The molecule has 3 heteroatoms. The van der Waals surface area contributed by atoms with Crippen LogP contribution in [-0.2, 0) is 9.47 Å². The van der Waals surface area contributed by atoms with Crippen LogP contribution in [0.4, 0.5) is 0 Å². The molecule has 1 atom stereocenters. The Labute approximate surface area is 80.2 Å². The van der Waals surface area contributed by atoms with Gasteiger partial charge in [0.2, 0.25) is 0 Å². The van der Waals surface area contributed by atoms with Gasteiger partial charge in [0, 0.05) is 20.3 Å². The summed E-state index contributed by atoms with van der Waals surface area (Å²) in [5.74, 6) is 0. The standard InChI is InChI=1S/C9H19ClO2/c1-3-6-12-7-4-5-9(10)8-11-2/h9H,3-8H2,1-2H3. The normalized spacial score (nSPS) is 13.2. The zero-order chi connectivity index (χ0) is 9.23. The topological polar surface area (TPSA) is 18.5 Å². The molecule has 0 aromatic carbocycles. The summed E-state index contributed by atoms with van der Waals surface area (Å²) >= 11 is 5.91. The molecule has 0 fully saturated rings. The van der Waals surface area contributed by atoms with Gasteiger partial charge in [-0.25, -0.2) is 0 Å². The van der Waals surface area contributed by atoms with E-state index >= 15 is 0 Å². The molecule has 0 bridgehead atoms. The quantitative estimate of drug-likeness (QED) is 0.437. The lowest BCUT2D eigenvalue weighted by atomic mass is 10.2. The van der Waals surface area contributed by atoms with E-state index in [4.69, 9.17) is 21.1 Å². The molecule has 0 radical (unpaired) electrons. The van der Waals surface area contributed by atoms with Crippen molar-refractivity contribution in [1.82, 2.24) is 0 Å². The molecule has 0 amide bonds. The molecule has 0 aromatic rings. The number of halogens is 1. The molecule has 0 aliphatic rings. The summed E-state index contributed by atoms with van der Waals surface area (Å²) in [5, 5.41) is 0.139. The van der Waals surface area contributed by atoms with E-state index in [1.807, 2.05) is 0 Å². The van der Waals surface area contributed by atoms with Gasteiger partial charge in [0.15, 0.2) is 0 Å². The average molecular weight is 195 g/mol. The zero-order valence-corrected chi connectivity index (χ0v) is 8.77. The van der Waals surface area contributed by atoms with E-state index in [1.54, 1.807) is 7.11 Å². The van der Waals surface area contributed by atoms with Crippen LogP contribution < -0.4 is 0 Å². The van der Waals surface area contributed by atoms with Crippen molar-refractivity contribution < 1.29 is 9.47 Å². The molecule has 0 saturated carbocycles. The van der Waals surface area contributed by atoms with E-state index in [2.05, 4.69) is 6.92 Å². The van der Waals surface area contributed by atoms with Gasteiger partial charge >= 0.3 is 0 Å². The molecule has 2 nitrogen and oxygen atoms in total. The van der Waals surface area contributed by atoms with Crippen molar-refractivity contribution in [3.63, 3.8) is 0 Å². The molecule has 12 heavy (non-hydrogen) atoms. The predicted octanol–water partition coefficient (Wildman–Crippen LogP) is 2.45. The number of ether oxygens (including phenoxy) is 2. The fourth-order valence-corrected chi connectivity index (χ4v) is 1.20. The van der Waals surface area contributed by atoms with Crippen molar-refractivity contribution in [3.05, 3.63) is 0 Å². The minimum Gasteiger partial charge on any atom is -0.383 e. The Morgan fingerprint density at radius 2 is 2.08 bits per heavy atom. The van der Waals surface area contributed by atoms with Gasteiger partial charge in [-0.3, -0.25) is 0 Å². The molecular weight excluding hydrogens is 176 g/mol. The first-order valence-corrected chi connectivity index (χ1v) is 4.95. The maximum absolute atomic E-state index is 5.91. The maximum atomic E-state index is 5.91. The zero-order valence-electron chi connectivity index (χ0n) is 8.01. The van der Waals surface area contributed by atoms with Crippen LogP contribution in [0.15, 0.2) is 0 Å². The first-order valence-electron chi connectivity index (χ1n) is 4.52. The van der Waals surface area contributed by atoms with Gasteiger partial charge in [-0.2, -0.15) is 0 Å². The lowest BCUT2D eigenvalue weighted by molar-refractivity contribution is 0.127. The van der Waals surface area contributed by atoms with Gasteiger partial charge in [-0.05, 0) is 19.3 Å². The molecule has 0 aliphatic carbocycles. The highest BCUT2D eigenvalue weighted by Gasteiger charge is 2.02. The van der Waals surface area contributed by atoms with Crippen LogP contribution >= 0.6 is 11.6 Å². The monoisotopic (exact) mass is 194 g/mol. The molecule has 0 aliphatic heterocycles. The Morgan fingerprint density at radius 1 is 1.33 bits per heavy atom. The molecule has 0 rings (SSSR count). The molecule has 0 spiro atoms. The molecule has 0 saturated heterocycles. The van der Waals surface area contributed by atoms with Gasteiger partial charge in [-0.1, -0.05) is 6.92 Å². The summed E-state index contributed by atoms with van der Waals surface area (Å²) in [4.78, 5) is 0. The molecular formula is C9H19ClO2. The number of methoxy groups -OCH3 is 1. The fraction of sp³-hybridized carbons (Fsp3) is 1.00. The second-order valence-corrected chi connectivity index (χ2v) is 3.42. The van der Waals surface area contributed by atoms with E-state index in [9.17, 15) is 0 Å². The van der Waals surface area contributed by atoms with Crippen LogP contribution in [0.1, 0.15) is 26.2 Å². The third-order valence-corrected chi connectivity index (χ3v) is 1.85. The third-order valence-electron chi connectivity index (χ3n) is 1.50. The van der Waals surface area contributed by atoms with Gasteiger partial charge < -0.3 is 9.47 Å². The average Bonchev–Trinajstić information content (AvgIpc) is 2.05. The highest BCUT2D eigenvalue weighted by atomic mass is 35.5. The Bertz CT molecular complexity index is 88.6. The highest BCUT2D eigenvalue weighted by Crippen LogP contribution is 2.05. The van der Waals surface area contributed by atoms with Crippen molar-refractivity contribution in [3.8, 4) is 0 Å². The summed E-state index contributed by atoms with van der Waals surface area (Å²) in [6.07, 6.45) is 3.08. The van der Waals surface area contributed by atoms with Gasteiger partial charge in [0.25, 0.3) is 0 Å². The Kier molecular flexibility index (Phi) is 9.46. The summed E-state index contributed by atoms with van der Waals surface area (Å²) in [6, 6.07) is 0. The number of hydrogen-bond acceptors (Lipinski definition) is 2. The number of alkyl halides is 1. The van der Waals surface area contributed by atoms with Crippen LogP contribution in [0.2, 0.25) is 0 Å². The predicted molar refractivity (Wildman–Crippen MR) is 51.9 cm³/mol. The van der Waals surface area contributed by atoms with Crippen LogP contribution in [0.25, 0.3) is 0 Å². The van der Waals surface area contributed by atoms with E-state index in [-0.39, 0.29) is 5.38 Å². The van der Waals surface area contributed by atoms with Crippen LogP contribution in [0.5, 0.6) is 0 Å². The van der Waals surface area contributed by atoms with Crippen molar-refractivity contribution in [1.29, 1.82) is 0 Å². The van der Waals surface area contributed by atoms with Crippen molar-refractivity contribution >= 4 is 11.6 Å². The summed E-state index contributed by atoms with van der Waals surface area (Å²) in [6.45, 7) is 4.42. The summed E-state index contributed by atoms with van der Waals surface area (Å²) in [5.41, 5.74) is 0. The SMILES string of the molecule is CCCOCCCC(Cl)COC. The van der Waals surface area contributed by atoms with Gasteiger partial charge in [0.05, 0.1) is 12.0 Å². The van der Waals surface area contributed by atoms with E-state index < -0.39 is 0 Å². The minimum absolute atomic E-state index is 0.139. The molecule has 0 heterocycles. The van der Waals surface area contributed by atoms with Gasteiger partial charge in [0.1, 0.15) is 0 Å². The minimum atomic E-state index is 0.139. The molecule has 74 valence electrons. The Morgan fingerprint density at radius 3 is 2.67 bits per heavy atom. The summed E-state index contributed by atoms with van der Waals surface area (Å²) in [7, 11) is 1.67. The lowest BCUT2D eigenvalue weighted by Gasteiger charge is -2.07. The number of hydrogen-bond donors (Lipinski definition) is 0. The maximum Gasteiger partial charge on any atom is 0.0626 e. The van der Waals surface area contributed by atoms with Crippen molar-refractivity contribution in [2.24, 2.45) is 0 Å². The van der Waals surface area contributed by atoms with Gasteiger partial charge in [-0.15, -0.1) is 11.6 Å². The third kappa shape index (κ3) is 8.31. The second kappa shape index (κ2) is 9.30. The summed E-state index contributed by atoms with van der Waals surface area (Å²) < 4.78 is 10.2. The van der Waals surface area contributed by atoms with Crippen LogP contribution in [0, 0.1) is 0 Å². The molecule has 0 N–H and O–H groups in total. The first kappa shape index (κ1) is 12.2. The Hall–Kier alpha value is 0.210. The second-order valence-electron chi connectivity index (χ2n) is 2.81. The molecule has 1 unspecified atom stereocenters. The van der Waals surface area contributed by atoms with Crippen LogP contribution in [-0.4, -0.2) is 32.3 Å². The van der Waals surface area contributed by atoms with E-state index in [1.165, 1.54) is 0 Å². The molecule has 0 aromatic heterocycles. The van der Waals surface area contributed by atoms with E-state index in [0.29, 0.717) is 6.61 Å².